The zero-order valence-electron chi connectivity index (χ0n) is 26.2. The van der Waals surface area contributed by atoms with Gasteiger partial charge in [-0.05, 0) is 19.3 Å². The Hall–Kier alpha value is -0.310. The van der Waals surface area contributed by atoms with Crippen molar-refractivity contribution in [1.82, 2.24) is 4.98 Å². The first-order chi connectivity index (χ1) is 18.4. The van der Waals surface area contributed by atoms with Crippen LogP contribution in [0.1, 0.15) is 199 Å². The molecule has 0 radical (unpaired) electrons. The molecule has 1 aromatic rings. The van der Waals surface area contributed by atoms with Gasteiger partial charge in [-0.3, -0.25) is 0 Å². The van der Waals surface area contributed by atoms with Crippen molar-refractivity contribution in [3.05, 3.63) is 18.2 Å². The summed E-state index contributed by atoms with van der Waals surface area (Å²) in [5.41, 5.74) is 0. The smallest absolute Gasteiger partial charge is 0.254 e. The molecule has 0 aromatic carbocycles. The number of nitrogens with zero attached hydrogens (tertiary/aromatic N) is 1. The van der Waals surface area contributed by atoms with Crippen LogP contribution in [-0.2, 0) is 13.0 Å². The molecule has 1 aromatic heterocycles. The molecule has 0 saturated heterocycles. The van der Waals surface area contributed by atoms with E-state index in [1.54, 1.807) is 0 Å². The van der Waals surface area contributed by atoms with Crippen LogP contribution in [0.2, 0.25) is 0 Å². The van der Waals surface area contributed by atoms with Gasteiger partial charge in [0, 0.05) is 6.42 Å². The molecule has 3 heteroatoms. The predicted octanol–water partition coefficient (Wildman–Crippen LogP) is 8.81. The quantitative estimate of drug-likeness (QED) is 0.0676. The summed E-state index contributed by atoms with van der Waals surface area (Å²) in [5.74, 6) is 1.45. The predicted molar refractivity (Wildman–Crippen MR) is 165 cm³/mol. The monoisotopic (exact) mass is 596 g/mol. The number of rotatable bonds is 30. The van der Waals surface area contributed by atoms with Gasteiger partial charge >= 0.3 is 0 Å². The van der Waals surface area contributed by atoms with Crippen LogP contribution in [0.5, 0.6) is 0 Å². The summed E-state index contributed by atoms with van der Waals surface area (Å²) in [4.78, 5) is 3.51. The highest BCUT2D eigenvalue weighted by Crippen LogP contribution is 2.14. The van der Waals surface area contributed by atoms with Gasteiger partial charge in [0.2, 0.25) is 0 Å². The molecule has 0 aliphatic rings. The summed E-state index contributed by atoms with van der Waals surface area (Å²) in [6.45, 7) is 5.81. The summed E-state index contributed by atoms with van der Waals surface area (Å²) < 4.78 is 2.49. The number of unbranched alkanes of at least 4 members (excludes halogenated alkanes) is 26. The normalized spacial score (nSPS) is 11.2. The number of aromatic nitrogens is 2. The molecule has 0 aliphatic carbocycles. The zero-order valence-corrected chi connectivity index (χ0v) is 27.8. The van der Waals surface area contributed by atoms with E-state index in [4.69, 9.17) is 0 Å². The third-order valence-electron chi connectivity index (χ3n) is 8.37. The van der Waals surface area contributed by atoms with E-state index in [1.807, 2.05) is 0 Å². The van der Waals surface area contributed by atoms with Gasteiger partial charge < -0.3 is 17.0 Å². The van der Waals surface area contributed by atoms with Crippen molar-refractivity contribution in [2.24, 2.45) is 0 Å². The summed E-state index contributed by atoms with van der Waals surface area (Å²) >= 11 is 0. The van der Waals surface area contributed by atoms with Crippen molar-refractivity contribution in [3.63, 3.8) is 0 Å². The fourth-order valence-electron chi connectivity index (χ4n) is 5.79. The van der Waals surface area contributed by atoms with Crippen molar-refractivity contribution in [2.75, 3.05) is 0 Å². The van der Waals surface area contributed by atoms with Gasteiger partial charge in [-0.1, -0.05) is 174 Å². The number of nitrogens with one attached hydrogen (secondary N) is 1. The van der Waals surface area contributed by atoms with Gasteiger partial charge in [0.1, 0.15) is 12.4 Å². The minimum atomic E-state index is 0. The molecule has 0 saturated carbocycles. The molecule has 0 aliphatic heterocycles. The molecule has 1 N–H and O–H groups in total. The second-order valence-electron chi connectivity index (χ2n) is 12.0. The Morgan fingerprint density at radius 2 is 0.763 bits per heavy atom. The lowest BCUT2D eigenvalue weighted by Crippen LogP contribution is -3.00. The van der Waals surface area contributed by atoms with Crippen LogP contribution in [0, 0.1) is 0 Å². The van der Waals surface area contributed by atoms with Crippen LogP contribution >= 0.6 is 0 Å². The van der Waals surface area contributed by atoms with E-state index in [1.165, 1.54) is 199 Å². The van der Waals surface area contributed by atoms with Gasteiger partial charge in [0.15, 0.2) is 0 Å². The van der Waals surface area contributed by atoms with Gasteiger partial charge in [-0.15, -0.1) is 0 Å². The van der Waals surface area contributed by atoms with Crippen molar-refractivity contribution in [2.45, 2.75) is 207 Å². The number of imidazole rings is 1. The van der Waals surface area contributed by atoms with Crippen LogP contribution in [-0.4, -0.2) is 4.98 Å². The van der Waals surface area contributed by atoms with Crippen LogP contribution in [0.15, 0.2) is 12.4 Å². The van der Waals surface area contributed by atoms with Gasteiger partial charge in [0.25, 0.3) is 5.82 Å². The maximum Gasteiger partial charge on any atom is 0.254 e. The van der Waals surface area contributed by atoms with Gasteiger partial charge in [-0.2, -0.15) is 0 Å². The molecule has 1 rings (SSSR count). The molecular formula is C35H69BrN2. The molecule has 0 bridgehead atoms. The number of hydrogen-bond donors (Lipinski definition) is 1. The highest BCUT2D eigenvalue weighted by atomic mass is 79.9. The highest BCUT2D eigenvalue weighted by molar-refractivity contribution is 4.77. The second kappa shape index (κ2) is 31.2. The summed E-state index contributed by atoms with van der Waals surface area (Å²) in [7, 11) is 0. The second-order valence-corrected chi connectivity index (χ2v) is 12.0. The highest BCUT2D eigenvalue weighted by Gasteiger charge is 2.09. The van der Waals surface area contributed by atoms with Crippen molar-refractivity contribution in [1.29, 1.82) is 0 Å². The van der Waals surface area contributed by atoms with Crippen LogP contribution in [0.25, 0.3) is 0 Å². The van der Waals surface area contributed by atoms with E-state index >= 15 is 0 Å². The topological polar surface area (TPSA) is 19.7 Å². The van der Waals surface area contributed by atoms with E-state index < -0.39 is 0 Å². The lowest BCUT2D eigenvalue weighted by molar-refractivity contribution is -0.703. The number of aryl methyl sites for hydroxylation is 2. The molecule has 1 heterocycles. The van der Waals surface area contributed by atoms with Crippen LogP contribution in [0.3, 0.4) is 0 Å². The third-order valence-corrected chi connectivity index (χ3v) is 8.37. The van der Waals surface area contributed by atoms with E-state index in [2.05, 4.69) is 35.8 Å². The van der Waals surface area contributed by atoms with E-state index in [-0.39, 0.29) is 17.0 Å². The Bertz CT molecular complexity index is 509. The SMILES string of the molecule is CCCCCCCCCCCCCCCCc1[nH]cc[n+]1CCCCCCCCCCCCCCCC.[Br-]. The minimum absolute atomic E-state index is 0. The van der Waals surface area contributed by atoms with Crippen LogP contribution in [0.4, 0.5) is 0 Å². The molecule has 2 nitrogen and oxygen atoms in total. The number of halogens is 1. The van der Waals surface area contributed by atoms with Crippen molar-refractivity contribution in [3.8, 4) is 0 Å². The first-order valence-corrected chi connectivity index (χ1v) is 17.4. The Balaban J connectivity index is 0.0000137. The number of hydrogen-bond acceptors (Lipinski definition) is 0. The Kier molecular flexibility index (Phi) is 31.0. The van der Waals surface area contributed by atoms with Crippen molar-refractivity contribution < 1.29 is 21.5 Å². The molecule has 0 amide bonds. The molecular weight excluding hydrogens is 528 g/mol. The van der Waals surface area contributed by atoms with Crippen LogP contribution < -0.4 is 21.5 Å². The first-order valence-electron chi connectivity index (χ1n) is 17.4. The third kappa shape index (κ3) is 24.7. The molecule has 226 valence electrons. The molecule has 0 fully saturated rings. The maximum absolute atomic E-state index is 3.51. The van der Waals surface area contributed by atoms with Crippen molar-refractivity contribution >= 4 is 0 Å². The molecule has 0 unspecified atom stereocenters. The molecule has 0 atom stereocenters. The lowest BCUT2D eigenvalue weighted by Gasteiger charge is -2.04. The zero-order chi connectivity index (χ0) is 26.5. The standard InChI is InChI=1S/C35H68N2.BrH/c1-3-5-7-9-11-13-15-17-19-21-23-25-27-29-31-35-36-32-34-37(35)33-30-28-26-24-22-20-18-16-14-12-10-8-6-4-2;/h32,34H,3-31,33H2,1-2H3;1H. The number of H-pyrrole nitrogens is 1. The fraction of sp³-hybridized carbons (Fsp3) is 0.914. The molecule has 38 heavy (non-hydrogen) atoms. The summed E-state index contributed by atoms with van der Waals surface area (Å²) in [6.07, 6.45) is 45.9. The average molecular weight is 598 g/mol. The Morgan fingerprint density at radius 1 is 0.447 bits per heavy atom. The fourth-order valence-corrected chi connectivity index (χ4v) is 5.79. The average Bonchev–Trinajstić information content (AvgIpc) is 3.36. The Labute approximate surface area is 250 Å². The maximum atomic E-state index is 3.51. The van der Waals surface area contributed by atoms with E-state index in [9.17, 15) is 0 Å². The summed E-state index contributed by atoms with van der Waals surface area (Å²) in [5, 5.41) is 0. The number of aromatic amines is 1. The van der Waals surface area contributed by atoms with E-state index in [0.29, 0.717) is 0 Å². The molecule has 0 spiro atoms. The summed E-state index contributed by atoms with van der Waals surface area (Å²) in [6, 6.07) is 0. The van der Waals surface area contributed by atoms with Gasteiger partial charge in [0.05, 0.1) is 6.54 Å². The van der Waals surface area contributed by atoms with E-state index in [0.717, 1.165) is 0 Å². The largest absolute Gasteiger partial charge is 1.00 e. The minimum Gasteiger partial charge on any atom is -1.00 e. The lowest BCUT2D eigenvalue weighted by atomic mass is 10.0. The first kappa shape index (κ1) is 37.7. The van der Waals surface area contributed by atoms with Gasteiger partial charge in [-0.25, -0.2) is 9.55 Å². The Morgan fingerprint density at radius 3 is 1.13 bits per heavy atom.